The van der Waals surface area contributed by atoms with Gasteiger partial charge < -0.3 is 24.4 Å². The molecule has 0 saturated carbocycles. The highest BCUT2D eigenvalue weighted by Crippen LogP contribution is 2.31. The van der Waals surface area contributed by atoms with E-state index in [1.54, 1.807) is 13.2 Å². The summed E-state index contributed by atoms with van der Waals surface area (Å²) in [5.41, 5.74) is 3.26. The third-order valence-corrected chi connectivity index (χ3v) is 8.32. The number of ether oxygens (including phenoxy) is 3. The number of allylic oxidation sites excluding steroid dienone is 1. The molecule has 226 valence electrons. The molecule has 0 fully saturated rings. The first-order valence-corrected chi connectivity index (χ1v) is 16.5. The molecule has 0 aromatic heterocycles. The first-order chi connectivity index (χ1) is 20.1. The summed E-state index contributed by atoms with van der Waals surface area (Å²) in [5.74, 6) is 2.65. The molecule has 0 bridgehead atoms. The molecule has 2 aromatic rings. The van der Waals surface area contributed by atoms with Gasteiger partial charge in [0, 0.05) is 24.0 Å². The van der Waals surface area contributed by atoms with Crippen LogP contribution in [0, 0.1) is 0 Å². The molecular weight excluding hydrogens is 532 g/mol. The van der Waals surface area contributed by atoms with E-state index in [0.717, 1.165) is 24.5 Å². The molecule has 0 unspecified atom stereocenters. The molecule has 0 aliphatic carbocycles. The third kappa shape index (κ3) is 12.7. The van der Waals surface area contributed by atoms with Crippen LogP contribution in [-0.4, -0.2) is 37.0 Å². The molecule has 1 aliphatic heterocycles. The summed E-state index contributed by atoms with van der Waals surface area (Å²) in [5, 5.41) is 5.09. The maximum Gasteiger partial charge on any atom is 0.262 e. The van der Waals surface area contributed by atoms with E-state index < -0.39 is 0 Å². The van der Waals surface area contributed by atoms with Crippen LogP contribution in [0.15, 0.2) is 53.6 Å². The summed E-state index contributed by atoms with van der Waals surface area (Å²) < 4.78 is 17.2. The number of unbranched alkanes of at least 4 members (excludes halogenated alkanes) is 11. The molecule has 0 radical (unpaired) electrons. The Labute approximate surface area is 252 Å². The van der Waals surface area contributed by atoms with Crippen LogP contribution >= 0.6 is 11.8 Å². The molecule has 1 amide bonds. The lowest BCUT2D eigenvalue weighted by Gasteiger charge is -2.19. The molecule has 3 rings (SSSR count). The minimum absolute atomic E-state index is 0.0844. The molecule has 0 atom stereocenters. The molecule has 6 nitrogen and oxygen atoms in total. The fourth-order valence-corrected chi connectivity index (χ4v) is 5.78. The zero-order chi connectivity index (χ0) is 29.1. The summed E-state index contributed by atoms with van der Waals surface area (Å²) in [6.07, 6.45) is 15.8. The fraction of sp³-hybridized carbons (Fsp3) is 0.559. The second kappa shape index (κ2) is 19.3. The number of thioether (sulfide) groups is 1. The maximum absolute atomic E-state index is 12.5. The number of hydrogen-bond acceptors (Lipinski definition) is 6. The van der Waals surface area contributed by atoms with Crippen molar-refractivity contribution < 1.29 is 19.0 Å². The fourth-order valence-electron chi connectivity index (χ4n) is 4.84. The van der Waals surface area contributed by atoms with Gasteiger partial charge in [0.2, 0.25) is 0 Å². The number of amides is 1. The molecule has 1 N–H and O–H groups in total. The summed E-state index contributed by atoms with van der Waals surface area (Å²) in [7, 11) is 1.62. The highest BCUT2D eigenvalue weighted by molar-refractivity contribution is 8.02. The van der Waals surface area contributed by atoms with Gasteiger partial charge in [0.05, 0.1) is 19.6 Å². The minimum atomic E-state index is -0.210. The van der Waals surface area contributed by atoms with Crippen molar-refractivity contribution >= 4 is 23.4 Å². The minimum Gasteiger partial charge on any atom is -0.493 e. The molecule has 0 saturated heterocycles. The van der Waals surface area contributed by atoms with Gasteiger partial charge in [-0.05, 0) is 48.6 Å². The Morgan fingerprint density at radius 3 is 2.12 bits per heavy atom. The Hall–Kier alpha value is -2.80. The van der Waals surface area contributed by atoms with Gasteiger partial charge in [-0.15, -0.1) is 11.8 Å². The number of benzene rings is 2. The van der Waals surface area contributed by atoms with Crippen LogP contribution in [0.5, 0.6) is 17.2 Å². The Bertz CT molecular complexity index is 1060. The number of hydrogen-bond donors (Lipinski definition) is 1. The van der Waals surface area contributed by atoms with E-state index in [0.29, 0.717) is 23.9 Å². The van der Waals surface area contributed by atoms with E-state index in [-0.39, 0.29) is 12.5 Å². The Morgan fingerprint density at radius 1 is 0.854 bits per heavy atom. The average Bonchev–Trinajstić information content (AvgIpc) is 3.39. The van der Waals surface area contributed by atoms with Gasteiger partial charge in [-0.1, -0.05) is 89.7 Å². The van der Waals surface area contributed by atoms with Crippen LogP contribution in [0.1, 0.15) is 96.5 Å². The van der Waals surface area contributed by atoms with Crippen molar-refractivity contribution in [2.45, 2.75) is 97.4 Å². The molecule has 41 heavy (non-hydrogen) atoms. The Kier molecular flexibility index (Phi) is 15.4. The standard InChI is InChI=1S/C34H50N2O4S/c1-4-5-6-7-8-9-10-11-12-13-14-15-22-39-32-21-20-31(23-33(32)38-3)40-25-34(37)35-30-18-16-29(17-19-30)24-36-27-41-26-28(36)2/h16-21,23,26H,4-15,22,24-25,27H2,1-3H3,(H,35,37). The number of nitrogens with zero attached hydrogens (tertiary/aromatic N) is 1. The third-order valence-electron chi connectivity index (χ3n) is 7.35. The van der Waals surface area contributed by atoms with E-state index >= 15 is 0 Å². The molecule has 1 heterocycles. The number of carbonyl (C=O) groups excluding carboxylic acids is 1. The number of carbonyl (C=O) groups is 1. The van der Waals surface area contributed by atoms with Gasteiger partial charge >= 0.3 is 0 Å². The largest absolute Gasteiger partial charge is 0.493 e. The van der Waals surface area contributed by atoms with E-state index in [1.807, 2.05) is 48.2 Å². The molecule has 2 aromatic carbocycles. The van der Waals surface area contributed by atoms with Crippen LogP contribution in [0.25, 0.3) is 0 Å². The Morgan fingerprint density at radius 2 is 1.51 bits per heavy atom. The number of nitrogens with one attached hydrogen (secondary N) is 1. The lowest BCUT2D eigenvalue weighted by atomic mass is 10.1. The van der Waals surface area contributed by atoms with E-state index in [4.69, 9.17) is 14.2 Å². The van der Waals surface area contributed by atoms with Gasteiger partial charge in [0.1, 0.15) is 5.75 Å². The zero-order valence-electron chi connectivity index (χ0n) is 25.4. The monoisotopic (exact) mass is 582 g/mol. The first-order valence-electron chi connectivity index (χ1n) is 15.4. The van der Waals surface area contributed by atoms with E-state index in [2.05, 4.69) is 29.5 Å². The van der Waals surface area contributed by atoms with Crippen molar-refractivity contribution in [2.75, 3.05) is 31.5 Å². The SMILES string of the molecule is CCCCCCCCCCCCCCOc1ccc(OCC(=O)Nc2ccc(CN3CSC=C3C)cc2)cc1OC. The van der Waals surface area contributed by atoms with Crippen molar-refractivity contribution in [3.05, 3.63) is 59.1 Å². The predicted molar refractivity (Wildman–Crippen MR) is 172 cm³/mol. The summed E-state index contributed by atoms with van der Waals surface area (Å²) >= 11 is 1.82. The van der Waals surface area contributed by atoms with Gasteiger partial charge in [0.25, 0.3) is 5.91 Å². The van der Waals surface area contributed by atoms with Crippen LogP contribution in [0.4, 0.5) is 5.69 Å². The van der Waals surface area contributed by atoms with Crippen molar-refractivity contribution in [3.63, 3.8) is 0 Å². The van der Waals surface area contributed by atoms with Crippen LogP contribution in [0.3, 0.4) is 0 Å². The molecule has 1 aliphatic rings. The van der Waals surface area contributed by atoms with Crippen molar-refractivity contribution in [1.82, 2.24) is 4.90 Å². The highest BCUT2D eigenvalue weighted by Gasteiger charge is 2.12. The lowest BCUT2D eigenvalue weighted by molar-refractivity contribution is -0.118. The van der Waals surface area contributed by atoms with Gasteiger partial charge in [0.15, 0.2) is 18.1 Å². The average molecular weight is 583 g/mol. The van der Waals surface area contributed by atoms with Crippen LogP contribution < -0.4 is 19.5 Å². The van der Waals surface area contributed by atoms with Gasteiger partial charge in [-0.25, -0.2) is 0 Å². The summed E-state index contributed by atoms with van der Waals surface area (Å²) in [6.45, 7) is 5.85. The predicted octanol–water partition coefficient (Wildman–Crippen LogP) is 9.16. The number of methoxy groups -OCH3 is 1. The second-order valence-corrected chi connectivity index (χ2v) is 11.7. The Balaban J connectivity index is 1.28. The lowest BCUT2D eigenvalue weighted by Crippen LogP contribution is -2.20. The van der Waals surface area contributed by atoms with Gasteiger partial charge in [-0.2, -0.15) is 0 Å². The first kappa shape index (κ1) is 32.7. The van der Waals surface area contributed by atoms with Gasteiger partial charge in [-0.3, -0.25) is 4.79 Å². The van der Waals surface area contributed by atoms with Crippen LogP contribution in [-0.2, 0) is 11.3 Å². The maximum atomic E-state index is 12.5. The number of anilines is 1. The van der Waals surface area contributed by atoms with E-state index in [1.165, 1.54) is 81.9 Å². The quantitative estimate of drug-likeness (QED) is 0.148. The molecule has 7 heteroatoms. The molecular formula is C34H50N2O4S. The second-order valence-electron chi connectivity index (χ2n) is 10.8. The zero-order valence-corrected chi connectivity index (χ0v) is 26.2. The van der Waals surface area contributed by atoms with Crippen LogP contribution in [0.2, 0.25) is 0 Å². The van der Waals surface area contributed by atoms with Crippen molar-refractivity contribution in [2.24, 2.45) is 0 Å². The molecule has 0 spiro atoms. The summed E-state index contributed by atoms with van der Waals surface area (Å²) in [4.78, 5) is 14.8. The van der Waals surface area contributed by atoms with E-state index in [9.17, 15) is 4.79 Å². The van der Waals surface area contributed by atoms with Crippen molar-refractivity contribution in [3.8, 4) is 17.2 Å². The summed E-state index contributed by atoms with van der Waals surface area (Å²) in [6, 6.07) is 13.4. The number of rotatable bonds is 21. The van der Waals surface area contributed by atoms with Crippen molar-refractivity contribution in [1.29, 1.82) is 0 Å². The highest BCUT2D eigenvalue weighted by atomic mass is 32.2. The topological polar surface area (TPSA) is 60.0 Å². The smallest absolute Gasteiger partial charge is 0.262 e. The normalized spacial score (nSPS) is 12.8.